The molecule has 4 rings (SSSR count). The summed E-state index contributed by atoms with van der Waals surface area (Å²) in [7, 11) is -2.19. The van der Waals surface area contributed by atoms with E-state index < -0.39 is 21.9 Å². The number of rotatable bonds is 5. The van der Waals surface area contributed by atoms with Gasteiger partial charge in [-0.05, 0) is 29.0 Å². The quantitative estimate of drug-likeness (QED) is 0.559. The minimum atomic E-state index is -3.93. The summed E-state index contributed by atoms with van der Waals surface area (Å²) in [5.74, 6) is -0.105. The summed E-state index contributed by atoms with van der Waals surface area (Å²) in [5, 5.41) is 1.75. The second-order valence-corrected chi connectivity index (χ2v) is 8.20. The number of hydrogen-bond donors (Lipinski definition) is 1. The molecule has 0 aliphatic heterocycles. The maximum absolute atomic E-state index is 14.5. The molecule has 0 spiro atoms. The number of fused-ring (bicyclic) bond motifs is 1. The summed E-state index contributed by atoms with van der Waals surface area (Å²) in [5.41, 5.74) is 0.209. The first-order valence-corrected chi connectivity index (χ1v) is 10.2. The summed E-state index contributed by atoms with van der Waals surface area (Å²) in [6.45, 7) is 0. The van der Waals surface area contributed by atoms with Gasteiger partial charge < -0.3 is 4.57 Å². The highest BCUT2D eigenvalue weighted by Gasteiger charge is 2.27. The molecular formula is C21H18FN3O2S. The molecule has 1 heterocycles. The fraction of sp³-hybridized carbons (Fsp3) is 0.0952. The number of benzene rings is 3. The standard InChI is InChI=1S/C21H18FN3O2S/c1-25-13-12-23-21(25)20(18-8-4-5-9-19(18)22)24-28(26,27)17-11-10-15-6-2-3-7-16(15)14-17/h2-14,20,24H,1H3/t20-/m1/s1. The van der Waals surface area contributed by atoms with E-state index in [9.17, 15) is 12.8 Å². The summed E-state index contributed by atoms with van der Waals surface area (Å²) >= 11 is 0. The van der Waals surface area contributed by atoms with Crippen molar-refractivity contribution in [3.05, 3.63) is 96.3 Å². The van der Waals surface area contributed by atoms with E-state index in [0.717, 1.165) is 10.8 Å². The van der Waals surface area contributed by atoms with Crippen molar-refractivity contribution in [3.63, 3.8) is 0 Å². The van der Waals surface area contributed by atoms with Crippen molar-refractivity contribution in [3.8, 4) is 0 Å². The zero-order valence-corrected chi connectivity index (χ0v) is 15.9. The molecule has 0 aliphatic rings. The minimum Gasteiger partial charge on any atom is -0.336 e. The predicted molar refractivity (Wildman–Crippen MR) is 106 cm³/mol. The molecule has 142 valence electrons. The Balaban J connectivity index is 1.79. The van der Waals surface area contributed by atoms with E-state index in [2.05, 4.69) is 9.71 Å². The van der Waals surface area contributed by atoms with Gasteiger partial charge in [0.25, 0.3) is 0 Å². The third-order valence-corrected chi connectivity index (χ3v) is 6.06. The Morgan fingerprint density at radius 3 is 2.43 bits per heavy atom. The van der Waals surface area contributed by atoms with Crippen LogP contribution < -0.4 is 4.72 Å². The maximum Gasteiger partial charge on any atom is 0.241 e. The first kappa shape index (κ1) is 18.3. The van der Waals surface area contributed by atoms with Crippen molar-refractivity contribution in [2.45, 2.75) is 10.9 Å². The zero-order valence-electron chi connectivity index (χ0n) is 15.1. The van der Waals surface area contributed by atoms with Crippen LogP contribution in [0.2, 0.25) is 0 Å². The zero-order chi connectivity index (χ0) is 19.7. The molecule has 28 heavy (non-hydrogen) atoms. The lowest BCUT2D eigenvalue weighted by molar-refractivity contribution is 0.545. The number of hydrogen-bond acceptors (Lipinski definition) is 3. The molecule has 5 nitrogen and oxygen atoms in total. The van der Waals surface area contributed by atoms with Crippen LogP contribution in [0, 0.1) is 5.82 Å². The Kier molecular flexibility index (Phi) is 4.70. The van der Waals surface area contributed by atoms with Crippen LogP contribution in [0.25, 0.3) is 10.8 Å². The van der Waals surface area contributed by atoms with Crippen molar-refractivity contribution in [2.75, 3.05) is 0 Å². The number of aromatic nitrogens is 2. The normalized spacial score (nSPS) is 12.9. The van der Waals surface area contributed by atoms with Gasteiger partial charge in [-0.25, -0.2) is 17.8 Å². The van der Waals surface area contributed by atoms with Crippen LogP contribution in [-0.2, 0) is 17.1 Å². The van der Waals surface area contributed by atoms with E-state index >= 15 is 0 Å². The van der Waals surface area contributed by atoms with Crippen LogP contribution in [0.15, 0.2) is 84.0 Å². The smallest absolute Gasteiger partial charge is 0.241 e. The van der Waals surface area contributed by atoms with Gasteiger partial charge in [0.1, 0.15) is 17.7 Å². The fourth-order valence-corrected chi connectivity index (χ4v) is 4.39. The summed E-state index contributed by atoms with van der Waals surface area (Å²) < 4.78 is 45.0. The molecular weight excluding hydrogens is 377 g/mol. The molecule has 0 amide bonds. The lowest BCUT2D eigenvalue weighted by atomic mass is 10.1. The first-order valence-electron chi connectivity index (χ1n) is 8.68. The van der Waals surface area contributed by atoms with Crippen molar-refractivity contribution >= 4 is 20.8 Å². The number of nitrogens with one attached hydrogen (secondary N) is 1. The van der Waals surface area contributed by atoms with Gasteiger partial charge in [0, 0.05) is 25.0 Å². The van der Waals surface area contributed by atoms with E-state index in [-0.39, 0.29) is 10.5 Å². The van der Waals surface area contributed by atoms with Gasteiger partial charge in [-0.3, -0.25) is 0 Å². The summed E-state index contributed by atoms with van der Waals surface area (Å²) in [4.78, 5) is 4.34. The highest BCUT2D eigenvalue weighted by molar-refractivity contribution is 7.89. The molecule has 4 aromatic rings. The highest BCUT2D eigenvalue weighted by Crippen LogP contribution is 2.26. The molecule has 0 radical (unpaired) electrons. The van der Waals surface area contributed by atoms with E-state index in [1.54, 1.807) is 60.4 Å². The molecule has 1 aromatic heterocycles. The van der Waals surface area contributed by atoms with E-state index in [0.29, 0.717) is 5.82 Å². The Morgan fingerprint density at radius 1 is 1.00 bits per heavy atom. The Bertz CT molecular complexity index is 1250. The van der Waals surface area contributed by atoms with Crippen molar-refractivity contribution in [1.82, 2.24) is 14.3 Å². The number of imidazole rings is 1. The van der Waals surface area contributed by atoms with Gasteiger partial charge in [-0.15, -0.1) is 0 Å². The van der Waals surface area contributed by atoms with Crippen molar-refractivity contribution in [1.29, 1.82) is 0 Å². The van der Waals surface area contributed by atoms with Crippen LogP contribution >= 0.6 is 0 Å². The van der Waals surface area contributed by atoms with Gasteiger partial charge in [0.2, 0.25) is 10.0 Å². The van der Waals surface area contributed by atoms with Crippen molar-refractivity contribution in [2.24, 2.45) is 7.05 Å². The molecule has 7 heteroatoms. The van der Waals surface area contributed by atoms with Gasteiger partial charge in [0.15, 0.2) is 0 Å². The predicted octanol–water partition coefficient (Wildman–Crippen LogP) is 3.78. The van der Waals surface area contributed by atoms with E-state index in [4.69, 9.17) is 0 Å². The minimum absolute atomic E-state index is 0.113. The average Bonchev–Trinajstić information content (AvgIpc) is 3.12. The van der Waals surface area contributed by atoms with Crippen LogP contribution in [-0.4, -0.2) is 18.0 Å². The van der Waals surface area contributed by atoms with Crippen LogP contribution in [0.4, 0.5) is 4.39 Å². The number of halogens is 1. The van der Waals surface area contributed by atoms with Gasteiger partial charge in [0.05, 0.1) is 4.90 Å². The fourth-order valence-electron chi connectivity index (χ4n) is 3.18. The molecule has 0 bridgehead atoms. The largest absolute Gasteiger partial charge is 0.336 e. The molecule has 0 aliphatic carbocycles. The van der Waals surface area contributed by atoms with Gasteiger partial charge in [-0.1, -0.05) is 48.5 Å². The van der Waals surface area contributed by atoms with E-state index in [1.165, 1.54) is 6.07 Å². The molecule has 3 aromatic carbocycles. The van der Waals surface area contributed by atoms with Crippen LogP contribution in [0.5, 0.6) is 0 Å². The SMILES string of the molecule is Cn1ccnc1[C@H](NS(=O)(=O)c1ccc2ccccc2c1)c1ccccc1F. The third-order valence-electron chi connectivity index (χ3n) is 4.64. The number of sulfonamides is 1. The number of nitrogens with zero attached hydrogens (tertiary/aromatic N) is 2. The number of aryl methyl sites for hydroxylation is 1. The van der Waals surface area contributed by atoms with E-state index in [1.807, 2.05) is 24.3 Å². The lowest BCUT2D eigenvalue weighted by Gasteiger charge is -2.20. The first-order chi connectivity index (χ1) is 13.5. The molecule has 0 unspecified atom stereocenters. The molecule has 1 N–H and O–H groups in total. The Morgan fingerprint density at radius 2 is 1.71 bits per heavy atom. The third kappa shape index (κ3) is 3.42. The molecule has 0 saturated heterocycles. The van der Waals surface area contributed by atoms with Crippen LogP contribution in [0.1, 0.15) is 17.4 Å². The Hall–Kier alpha value is -3.03. The summed E-state index contributed by atoms with van der Waals surface area (Å²) in [6, 6.07) is 17.5. The van der Waals surface area contributed by atoms with Crippen molar-refractivity contribution < 1.29 is 12.8 Å². The lowest BCUT2D eigenvalue weighted by Crippen LogP contribution is -2.31. The monoisotopic (exact) mass is 395 g/mol. The summed E-state index contributed by atoms with van der Waals surface area (Å²) in [6.07, 6.45) is 3.24. The topological polar surface area (TPSA) is 64.0 Å². The van der Waals surface area contributed by atoms with Gasteiger partial charge >= 0.3 is 0 Å². The second-order valence-electron chi connectivity index (χ2n) is 6.48. The molecule has 1 atom stereocenters. The van der Waals surface area contributed by atoms with Crippen LogP contribution in [0.3, 0.4) is 0 Å². The van der Waals surface area contributed by atoms with Gasteiger partial charge in [-0.2, -0.15) is 4.72 Å². The molecule has 0 saturated carbocycles. The Labute approximate surface area is 162 Å². The average molecular weight is 395 g/mol. The highest BCUT2D eigenvalue weighted by atomic mass is 32.2. The molecule has 0 fully saturated rings. The maximum atomic E-state index is 14.5. The second kappa shape index (κ2) is 7.18.